The monoisotopic (exact) mass is 167 g/mol. The van der Waals surface area contributed by atoms with Gasteiger partial charge in [0.15, 0.2) is 5.78 Å². The van der Waals surface area contributed by atoms with Crippen LogP contribution in [0.5, 0.6) is 0 Å². The van der Waals surface area contributed by atoms with Crippen molar-refractivity contribution in [1.29, 1.82) is 0 Å². The predicted molar refractivity (Wildman–Crippen MR) is 47.6 cm³/mol. The number of fused-ring (bicyclic) bond motifs is 2. The summed E-state index contributed by atoms with van der Waals surface area (Å²) in [5.74, 6) is 0.721. The topological polar surface area (TPSA) is 43.1 Å². The van der Waals surface area contributed by atoms with Crippen LogP contribution in [0.25, 0.3) is 0 Å². The average Bonchev–Trinajstić information content (AvgIpc) is 2.26. The third-order valence-electron chi connectivity index (χ3n) is 4.58. The van der Waals surface area contributed by atoms with Crippen molar-refractivity contribution in [1.82, 2.24) is 0 Å². The maximum Gasteiger partial charge on any atom is 0.156 e. The van der Waals surface area contributed by atoms with E-state index in [1.165, 1.54) is 0 Å². The Morgan fingerprint density at radius 1 is 1.42 bits per heavy atom. The van der Waals surface area contributed by atoms with Crippen molar-refractivity contribution in [3.05, 3.63) is 0 Å². The molecule has 2 saturated carbocycles. The maximum atomic E-state index is 11.8. The molecule has 0 aromatic rings. The number of hydrogen-bond acceptors (Lipinski definition) is 2. The van der Waals surface area contributed by atoms with Gasteiger partial charge in [-0.25, -0.2) is 0 Å². The van der Waals surface area contributed by atoms with Crippen molar-refractivity contribution >= 4 is 5.78 Å². The Bertz CT molecular complexity index is 246. The molecule has 12 heavy (non-hydrogen) atoms. The molecule has 2 aliphatic rings. The SMILES string of the molecule is CC1(C)[C@@H]2CC[C@@]1(C)C(=O)[C@H]2N. The molecule has 0 aromatic heterocycles. The standard InChI is InChI=1S/C10H17NO/c1-9(2)6-4-5-10(9,3)8(12)7(6)11/h6-7H,4-5,11H2,1-3H3/t6-,7+,10+/m1/s1. The van der Waals surface area contributed by atoms with Crippen molar-refractivity contribution in [3.8, 4) is 0 Å². The van der Waals surface area contributed by atoms with E-state index in [0.717, 1.165) is 12.8 Å². The van der Waals surface area contributed by atoms with Crippen LogP contribution in [0.15, 0.2) is 0 Å². The number of nitrogens with two attached hydrogens (primary N) is 1. The number of carbonyl (C=O) groups is 1. The number of carbonyl (C=O) groups excluding carboxylic acids is 1. The first-order valence-corrected chi connectivity index (χ1v) is 4.71. The Morgan fingerprint density at radius 3 is 2.25 bits per heavy atom. The van der Waals surface area contributed by atoms with Crippen molar-refractivity contribution in [2.45, 2.75) is 39.7 Å². The lowest BCUT2D eigenvalue weighted by Crippen LogP contribution is -2.39. The summed E-state index contributed by atoms with van der Waals surface area (Å²) < 4.78 is 0. The van der Waals surface area contributed by atoms with E-state index in [0.29, 0.717) is 11.7 Å². The lowest BCUT2D eigenvalue weighted by molar-refractivity contribution is -0.129. The first-order chi connectivity index (χ1) is 5.41. The number of hydrogen-bond donors (Lipinski definition) is 1. The van der Waals surface area contributed by atoms with E-state index in [1.54, 1.807) is 0 Å². The van der Waals surface area contributed by atoms with Gasteiger partial charge >= 0.3 is 0 Å². The summed E-state index contributed by atoms with van der Waals surface area (Å²) in [6.45, 7) is 6.47. The van der Waals surface area contributed by atoms with E-state index in [2.05, 4.69) is 20.8 Å². The zero-order chi connectivity index (χ0) is 9.15. The molecule has 2 N–H and O–H groups in total. The second-order valence-corrected chi connectivity index (χ2v) is 5.09. The van der Waals surface area contributed by atoms with E-state index >= 15 is 0 Å². The van der Waals surface area contributed by atoms with Gasteiger partial charge < -0.3 is 5.73 Å². The molecule has 2 bridgehead atoms. The molecule has 68 valence electrons. The molecule has 2 nitrogen and oxygen atoms in total. The molecule has 0 saturated heterocycles. The van der Waals surface area contributed by atoms with Gasteiger partial charge in [0.1, 0.15) is 0 Å². The van der Waals surface area contributed by atoms with Crippen LogP contribution in [0.4, 0.5) is 0 Å². The van der Waals surface area contributed by atoms with Crippen LogP contribution in [-0.4, -0.2) is 11.8 Å². The van der Waals surface area contributed by atoms with Crippen LogP contribution in [0, 0.1) is 16.7 Å². The zero-order valence-electron chi connectivity index (χ0n) is 8.05. The smallest absolute Gasteiger partial charge is 0.156 e. The molecule has 2 rings (SSSR count). The fraction of sp³-hybridized carbons (Fsp3) is 0.900. The Hall–Kier alpha value is -0.370. The van der Waals surface area contributed by atoms with Gasteiger partial charge in [0.25, 0.3) is 0 Å². The Kier molecular flexibility index (Phi) is 1.32. The molecule has 0 unspecified atom stereocenters. The molecular formula is C10H17NO. The minimum Gasteiger partial charge on any atom is -0.321 e. The van der Waals surface area contributed by atoms with Gasteiger partial charge in [-0.3, -0.25) is 4.79 Å². The zero-order valence-corrected chi connectivity index (χ0v) is 8.05. The van der Waals surface area contributed by atoms with Crippen LogP contribution in [0.1, 0.15) is 33.6 Å². The summed E-state index contributed by atoms with van der Waals surface area (Å²) in [6.07, 6.45) is 2.17. The van der Waals surface area contributed by atoms with E-state index in [9.17, 15) is 4.79 Å². The van der Waals surface area contributed by atoms with Gasteiger partial charge in [-0.2, -0.15) is 0 Å². The van der Waals surface area contributed by atoms with Crippen LogP contribution < -0.4 is 5.73 Å². The van der Waals surface area contributed by atoms with Crippen molar-refractivity contribution in [2.75, 3.05) is 0 Å². The molecular weight excluding hydrogens is 150 g/mol. The maximum absolute atomic E-state index is 11.8. The average molecular weight is 167 g/mol. The molecule has 0 aliphatic heterocycles. The van der Waals surface area contributed by atoms with Crippen LogP contribution in [-0.2, 0) is 4.79 Å². The van der Waals surface area contributed by atoms with E-state index < -0.39 is 0 Å². The van der Waals surface area contributed by atoms with E-state index in [1.807, 2.05) is 0 Å². The molecule has 0 aromatic carbocycles. The fourth-order valence-electron chi connectivity index (χ4n) is 3.16. The first kappa shape index (κ1) is 8.24. The largest absolute Gasteiger partial charge is 0.321 e. The summed E-state index contributed by atoms with van der Waals surface area (Å²) in [5, 5.41) is 0. The number of Topliss-reactive ketones (excluding diaryl/α,β-unsaturated/α-hetero) is 1. The van der Waals surface area contributed by atoms with Crippen molar-refractivity contribution < 1.29 is 4.79 Å². The number of ketones is 1. The second-order valence-electron chi connectivity index (χ2n) is 5.09. The Morgan fingerprint density at radius 2 is 2.00 bits per heavy atom. The predicted octanol–water partition coefficient (Wildman–Crippen LogP) is 1.34. The molecule has 0 radical (unpaired) electrons. The van der Waals surface area contributed by atoms with Gasteiger partial charge in [0.05, 0.1) is 6.04 Å². The molecule has 3 atom stereocenters. The van der Waals surface area contributed by atoms with E-state index in [4.69, 9.17) is 5.73 Å². The summed E-state index contributed by atoms with van der Waals surface area (Å²) in [5.41, 5.74) is 5.88. The van der Waals surface area contributed by atoms with Gasteiger partial charge in [-0.1, -0.05) is 20.8 Å². The first-order valence-electron chi connectivity index (χ1n) is 4.71. The van der Waals surface area contributed by atoms with Gasteiger partial charge in [-0.05, 0) is 24.2 Å². The van der Waals surface area contributed by atoms with Crippen LogP contribution in [0.2, 0.25) is 0 Å². The normalized spacial score (nSPS) is 50.2. The third kappa shape index (κ3) is 0.598. The lowest BCUT2D eigenvalue weighted by Gasteiger charge is -2.32. The summed E-state index contributed by atoms with van der Waals surface area (Å²) in [6, 6.07) is -0.182. The van der Waals surface area contributed by atoms with Crippen molar-refractivity contribution in [2.24, 2.45) is 22.5 Å². The molecule has 2 fully saturated rings. The molecule has 2 aliphatic carbocycles. The van der Waals surface area contributed by atoms with E-state index in [-0.39, 0.29) is 16.9 Å². The number of rotatable bonds is 0. The molecule has 2 heteroatoms. The third-order valence-corrected chi connectivity index (χ3v) is 4.58. The Labute approximate surface area is 73.5 Å². The van der Waals surface area contributed by atoms with Crippen LogP contribution in [0.3, 0.4) is 0 Å². The minimum absolute atomic E-state index is 0.128. The highest BCUT2D eigenvalue weighted by molar-refractivity contribution is 5.94. The minimum atomic E-state index is -0.182. The molecule has 0 heterocycles. The fourth-order valence-corrected chi connectivity index (χ4v) is 3.16. The van der Waals surface area contributed by atoms with Crippen molar-refractivity contribution in [3.63, 3.8) is 0 Å². The van der Waals surface area contributed by atoms with Gasteiger partial charge in [0, 0.05) is 5.41 Å². The lowest BCUT2D eigenvalue weighted by atomic mass is 9.70. The Balaban J connectivity index is 2.50. The highest BCUT2D eigenvalue weighted by atomic mass is 16.1. The second kappa shape index (κ2) is 1.92. The summed E-state index contributed by atoms with van der Waals surface area (Å²) in [4.78, 5) is 11.8. The summed E-state index contributed by atoms with van der Waals surface area (Å²) in [7, 11) is 0. The molecule has 0 amide bonds. The highest BCUT2D eigenvalue weighted by Gasteiger charge is 2.65. The molecule has 0 spiro atoms. The van der Waals surface area contributed by atoms with Crippen LogP contribution >= 0.6 is 0 Å². The van der Waals surface area contributed by atoms with Gasteiger partial charge in [-0.15, -0.1) is 0 Å². The quantitative estimate of drug-likeness (QED) is 0.591. The highest BCUT2D eigenvalue weighted by Crippen LogP contribution is 2.62. The summed E-state index contributed by atoms with van der Waals surface area (Å²) >= 11 is 0. The van der Waals surface area contributed by atoms with Gasteiger partial charge in [0.2, 0.25) is 0 Å².